The van der Waals surface area contributed by atoms with Crippen LogP contribution in [0.25, 0.3) is 0 Å². The third kappa shape index (κ3) is 5.84. The highest BCUT2D eigenvalue weighted by atomic mass is 16.5. The summed E-state index contributed by atoms with van der Waals surface area (Å²) < 4.78 is 10.3. The van der Waals surface area contributed by atoms with Gasteiger partial charge >= 0.3 is 5.97 Å². The van der Waals surface area contributed by atoms with Gasteiger partial charge in [-0.05, 0) is 37.1 Å². The molecule has 0 aliphatic heterocycles. The van der Waals surface area contributed by atoms with Crippen molar-refractivity contribution in [1.82, 2.24) is 4.90 Å². The van der Waals surface area contributed by atoms with Gasteiger partial charge in [0.25, 0.3) is 0 Å². The summed E-state index contributed by atoms with van der Waals surface area (Å²) in [5.74, 6) is 0.0309. The van der Waals surface area contributed by atoms with Crippen LogP contribution in [0.15, 0.2) is 54.6 Å². The molecule has 2 atom stereocenters. The largest absolute Gasteiger partial charge is 0.494 e. The second-order valence-electron chi connectivity index (χ2n) is 6.81. The van der Waals surface area contributed by atoms with Crippen LogP contribution in [0.3, 0.4) is 0 Å². The normalized spacial score (nSPS) is 12.7. The summed E-state index contributed by atoms with van der Waals surface area (Å²) in [5, 5.41) is 0. The minimum Gasteiger partial charge on any atom is -0.494 e. The second-order valence-corrected chi connectivity index (χ2v) is 6.81. The Labute approximate surface area is 167 Å². The molecule has 1 amide bonds. The Morgan fingerprint density at radius 3 is 2.21 bits per heavy atom. The van der Waals surface area contributed by atoms with Crippen LogP contribution in [-0.2, 0) is 20.7 Å². The fourth-order valence-electron chi connectivity index (χ4n) is 3.10. The van der Waals surface area contributed by atoms with Gasteiger partial charge in [0.15, 0.2) is 0 Å². The van der Waals surface area contributed by atoms with E-state index in [1.165, 1.54) is 7.11 Å². The summed E-state index contributed by atoms with van der Waals surface area (Å²) in [6.07, 6.45) is 0.261. The lowest BCUT2D eigenvalue weighted by Gasteiger charge is -2.31. The first-order valence-corrected chi connectivity index (χ1v) is 9.60. The van der Waals surface area contributed by atoms with Crippen molar-refractivity contribution in [3.63, 3.8) is 0 Å². The SMILES string of the molecule is CCOc1ccc(CC(=O)N(CC(C)C(=O)OC)C(C)c2ccccc2)cc1. The number of methoxy groups -OCH3 is 1. The second kappa shape index (κ2) is 10.5. The average Bonchev–Trinajstić information content (AvgIpc) is 2.72. The van der Waals surface area contributed by atoms with E-state index < -0.39 is 5.92 Å². The Kier molecular flexibility index (Phi) is 8.05. The number of ether oxygens (including phenoxy) is 2. The molecule has 0 aliphatic carbocycles. The number of hydrogen-bond donors (Lipinski definition) is 0. The molecule has 5 nitrogen and oxygen atoms in total. The molecule has 2 rings (SSSR count). The number of carbonyl (C=O) groups is 2. The van der Waals surface area contributed by atoms with E-state index in [-0.39, 0.29) is 24.3 Å². The Balaban J connectivity index is 2.19. The van der Waals surface area contributed by atoms with Crippen LogP contribution in [0.4, 0.5) is 0 Å². The first kappa shape index (κ1) is 21.5. The number of rotatable bonds is 9. The van der Waals surface area contributed by atoms with E-state index in [1.807, 2.05) is 68.4 Å². The van der Waals surface area contributed by atoms with Gasteiger partial charge in [-0.2, -0.15) is 0 Å². The molecule has 0 saturated heterocycles. The summed E-state index contributed by atoms with van der Waals surface area (Å²) in [6, 6.07) is 17.2. The van der Waals surface area contributed by atoms with E-state index in [0.29, 0.717) is 13.2 Å². The van der Waals surface area contributed by atoms with Gasteiger partial charge < -0.3 is 14.4 Å². The van der Waals surface area contributed by atoms with Crippen molar-refractivity contribution in [3.05, 3.63) is 65.7 Å². The zero-order chi connectivity index (χ0) is 20.5. The van der Waals surface area contributed by atoms with E-state index >= 15 is 0 Å². The van der Waals surface area contributed by atoms with Gasteiger partial charge in [-0.15, -0.1) is 0 Å². The predicted molar refractivity (Wildman–Crippen MR) is 109 cm³/mol. The first-order chi connectivity index (χ1) is 13.5. The van der Waals surface area contributed by atoms with E-state index in [0.717, 1.165) is 16.9 Å². The molecular formula is C23H29NO4. The third-order valence-electron chi connectivity index (χ3n) is 4.73. The number of nitrogens with zero attached hydrogens (tertiary/aromatic N) is 1. The fourth-order valence-corrected chi connectivity index (χ4v) is 3.10. The Morgan fingerprint density at radius 1 is 1.00 bits per heavy atom. The molecular weight excluding hydrogens is 354 g/mol. The zero-order valence-electron chi connectivity index (χ0n) is 17.1. The highest BCUT2D eigenvalue weighted by Gasteiger charge is 2.26. The molecule has 5 heteroatoms. The van der Waals surface area contributed by atoms with Gasteiger partial charge in [-0.1, -0.05) is 49.4 Å². The van der Waals surface area contributed by atoms with Crippen molar-refractivity contribution in [2.24, 2.45) is 5.92 Å². The molecule has 0 heterocycles. The van der Waals surface area contributed by atoms with Crippen LogP contribution in [-0.4, -0.2) is 37.0 Å². The summed E-state index contributed by atoms with van der Waals surface area (Å²) in [7, 11) is 1.37. The van der Waals surface area contributed by atoms with Crippen LogP contribution in [0, 0.1) is 5.92 Å². The molecule has 0 radical (unpaired) electrons. The molecule has 2 unspecified atom stereocenters. The van der Waals surface area contributed by atoms with Gasteiger partial charge in [0.05, 0.1) is 32.1 Å². The minimum absolute atomic E-state index is 0.0312. The van der Waals surface area contributed by atoms with Crippen molar-refractivity contribution in [3.8, 4) is 5.75 Å². The van der Waals surface area contributed by atoms with Crippen molar-refractivity contribution in [2.45, 2.75) is 33.2 Å². The molecule has 0 bridgehead atoms. The topological polar surface area (TPSA) is 55.8 Å². The van der Waals surface area contributed by atoms with Crippen LogP contribution < -0.4 is 4.74 Å². The van der Waals surface area contributed by atoms with Gasteiger partial charge in [0.2, 0.25) is 5.91 Å². The van der Waals surface area contributed by atoms with E-state index in [4.69, 9.17) is 9.47 Å². The fraction of sp³-hybridized carbons (Fsp3) is 0.391. The van der Waals surface area contributed by atoms with E-state index in [2.05, 4.69) is 0 Å². The quantitative estimate of drug-likeness (QED) is 0.614. The van der Waals surface area contributed by atoms with Gasteiger partial charge in [0.1, 0.15) is 5.75 Å². The molecule has 0 aliphatic rings. The predicted octanol–water partition coefficient (Wildman–Crippen LogP) is 4.03. The summed E-state index contributed by atoms with van der Waals surface area (Å²) >= 11 is 0. The standard InChI is InChI=1S/C23H29NO4/c1-5-28-21-13-11-19(12-14-21)15-22(25)24(16-17(2)23(26)27-4)18(3)20-9-7-6-8-10-20/h6-14,17-18H,5,15-16H2,1-4H3. The van der Waals surface area contributed by atoms with Gasteiger partial charge in [0, 0.05) is 6.54 Å². The Bertz CT molecular complexity index is 758. The molecule has 0 spiro atoms. The van der Waals surface area contributed by atoms with Crippen LogP contribution in [0.2, 0.25) is 0 Å². The molecule has 28 heavy (non-hydrogen) atoms. The van der Waals surface area contributed by atoms with Crippen molar-refractivity contribution < 1.29 is 19.1 Å². The maximum atomic E-state index is 13.1. The smallest absolute Gasteiger partial charge is 0.310 e. The minimum atomic E-state index is -0.402. The molecule has 2 aromatic carbocycles. The molecule has 0 N–H and O–H groups in total. The van der Waals surface area contributed by atoms with Crippen LogP contribution in [0.1, 0.15) is 37.9 Å². The maximum Gasteiger partial charge on any atom is 0.310 e. The highest BCUT2D eigenvalue weighted by molar-refractivity contribution is 5.80. The van der Waals surface area contributed by atoms with Crippen LogP contribution in [0.5, 0.6) is 5.75 Å². The zero-order valence-corrected chi connectivity index (χ0v) is 17.1. The van der Waals surface area contributed by atoms with Crippen molar-refractivity contribution >= 4 is 11.9 Å². The summed E-state index contributed by atoms with van der Waals surface area (Å²) in [6.45, 7) is 6.60. The third-order valence-corrected chi connectivity index (χ3v) is 4.73. The average molecular weight is 383 g/mol. The monoisotopic (exact) mass is 383 g/mol. The molecule has 2 aromatic rings. The first-order valence-electron chi connectivity index (χ1n) is 9.60. The summed E-state index contributed by atoms with van der Waals surface area (Å²) in [5.41, 5.74) is 1.93. The van der Waals surface area contributed by atoms with Gasteiger partial charge in [-0.3, -0.25) is 9.59 Å². The van der Waals surface area contributed by atoms with Crippen molar-refractivity contribution in [2.75, 3.05) is 20.3 Å². The molecule has 0 fully saturated rings. The Morgan fingerprint density at radius 2 is 1.64 bits per heavy atom. The van der Waals surface area contributed by atoms with Crippen LogP contribution >= 0.6 is 0 Å². The van der Waals surface area contributed by atoms with E-state index in [1.54, 1.807) is 11.8 Å². The lowest BCUT2D eigenvalue weighted by atomic mass is 10.0. The number of esters is 1. The van der Waals surface area contributed by atoms with Gasteiger partial charge in [-0.25, -0.2) is 0 Å². The number of benzene rings is 2. The highest BCUT2D eigenvalue weighted by Crippen LogP contribution is 2.23. The lowest BCUT2D eigenvalue weighted by Crippen LogP contribution is -2.39. The van der Waals surface area contributed by atoms with E-state index in [9.17, 15) is 9.59 Å². The van der Waals surface area contributed by atoms with Crippen molar-refractivity contribution in [1.29, 1.82) is 0 Å². The molecule has 0 saturated carbocycles. The number of amides is 1. The summed E-state index contributed by atoms with van der Waals surface area (Å²) in [4.78, 5) is 26.8. The number of hydrogen-bond acceptors (Lipinski definition) is 4. The number of carbonyl (C=O) groups excluding carboxylic acids is 2. The molecule has 0 aromatic heterocycles. The maximum absolute atomic E-state index is 13.1. The molecule has 150 valence electrons. The lowest BCUT2D eigenvalue weighted by molar-refractivity contribution is -0.147. The Hall–Kier alpha value is -2.82.